The summed E-state index contributed by atoms with van der Waals surface area (Å²) in [6.07, 6.45) is 3.06. The standard InChI is InChI=1S/C11H12N4O2/c1-17-11(16)9-3-2-6-15(9)10-8(7-12)4-5-13-14-10/h4-5,9H,2-3,6H2,1H3. The van der Waals surface area contributed by atoms with Gasteiger partial charge in [0.05, 0.1) is 18.9 Å². The average molecular weight is 232 g/mol. The summed E-state index contributed by atoms with van der Waals surface area (Å²) in [7, 11) is 1.36. The van der Waals surface area contributed by atoms with Crippen LogP contribution in [0, 0.1) is 11.3 Å². The predicted molar refractivity (Wildman–Crippen MR) is 59.1 cm³/mol. The third kappa shape index (κ3) is 2.04. The fraction of sp³-hybridized carbons (Fsp3) is 0.455. The Morgan fingerprint density at radius 3 is 3.24 bits per heavy atom. The van der Waals surface area contributed by atoms with Crippen molar-refractivity contribution in [3.8, 4) is 6.07 Å². The summed E-state index contributed by atoms with van der Waals surface area (Å²) in [6.45, 7) is 0.688. The summed E-state index contributed by atoms with van der Waals surface area (Å²) in [6, 6.07) is 3.29. The van der Waals surface area contributed by atoms with Gasteiger partial charge in [-0.2, -0.15) is 10.4 Å². The monoisotopic (exact) mass is 232 g/mol. The number of nitriles is 1. The van der Waals surface area contributed by atoms with E-state index in [1.807, 2.05) is 0 Å². The smallest absolute Gasteiger partial charge is 0.328 e. The van der Waals surface area contributed by atoms with Crippen LogP contribution >= 0.6 is 0 Å². The van der Waals surface area contributed by atoms with E-state index in [0.717, 1.165) is 6.42 Å². The van der Waals surface area contributed by atoms with Crippen LogP contribution in [0.5, 0.6) is 0 Å². The first-order valence-electron chi connectivity index (χ1n) is 5.34. The molecule has 1 unspecified atom stereocenters. The van der Waals surface area contributed by atoms with Crippen molar-refractivity contribution < 1.29 is 9.53 Å². The number of esters is 1. The van der Waals surface area contributed by atoms with E-state index in [2.05, 4.69) is 16.3 Å². The Hall–Kier alpha value is -2.16. The van der Waals surface area contributed by atoms with Gasteiger partial charge in [0.15, 0.2) is 5.82 Å². The molecule has 0 aliphatic carbocycles. The van der Waals surface area contributed by atoms with Crippen LogP contribution in [0.3, 0.4) is 0 Å². The second-order valence-corrected chi connectivity index (χ2v) is 3.75. The van der Waals surface area contributed by atoms with E-state index in [0.29, 0.717) is 24.3 Å². The highest BCUT2D eigenvalue weighted by atomic mass is 16.5. The van der Waals surface area contributed by atoms with Crippen molar-refractivity contribution in [3.05, 3.63) is 17.8 Å². The maximum Gasteiger partial charge on any atom is 0.328 e. The quantitative estimate of drug-likeness (QED) is 0.690. The minimum atomic E-state index is -0.358. The molecule has 6 nitrogen and oxygen atoms in total. The van der Waals surface area contributed by atoms with Gasteiger partial charge in [-0.15, -0.1) is 5.10 Å². The number of nitrogens with zero attached hydrogens (tertiary/aromatic N) is 4. The average Bonchev–Trinajstić information content (AvgIpc) is 2.86. The lowest BCUT2D eigenvalue weighted by Crippen LogP contribution is -2.38. The van der Waals surface area contributed by atoms with Crippen molar-refractivity contribution in [1.29, 1.82) is 5.26 Å². The third-order valence-electron chi connectivity index (χ3n) is 2.82. The van der Waals surface area contributed by atoms with Crippen molar-refractivity contribution in [2.45, 2.75) is 18.9 Å². The molecule has 1 fully saturated rings. The minimum Gasteiger partial charge on any atom is -0.467 e. The lowest BCUT2D eigenvalue weighted by Gasteiger charge is -2.23. The van der Waals surface area contributed by atoms with E-state index in [4.69, 9.17) is 10.00 Å². The maximum absolute atomic E-state index is 11.6. The summed E-state index contributed by atoms with van der Waals surface area (Å²) < 4.78 is 4.75. The summed E-state index contributed by atoms with van der Waals surface area (Å²) in [5.41, 5.74) is 0.427. The van der Waals surface area contributed by atoms with Gasteiger partial charge in [0.25, 0.3) is 0 Å². The first-order chi connectivity index (χ1) is 8.27. The molecule has 17 heavy (non-hydrogen) atoms. The molecule has 1 aromatic heterocycles. The highest BCUT2D eigenvalue weighted by molar-refractivity contribution is 5.80. The van der Waals surface area contributed by atoms with Crippen molar-refractivity contribution in [2.24, 2.45) is 0 Å². The van der Waals surface area contributed by atoms with Gasteiger partial charge >= 0.3 is 5.97 Å². The zero-order valence-corrected chi connectivity index (χ0v) is 9.46. The number of carbonyl (C=O) groups is 1. The lowest BCUT2D eigenvalue weighted by molar-refractivity contribution is -0.141. The Kier molecular flexibility index (Phi) is 3.19. The van der Waals surface area contributed by atoms with Crippen LogP contribution in [0.4, 0.5) is 5.82 Å². The molecule has 2 heterocycles. The highest BCUT2D eigenvalue weighted by Gasteiger charge is 2.33. The molecule has 0 bridgehead atoms. The van der Waals surface area contributed by atoms with Crippen LogP contribution in [0.1, 0.15) is 18.4 Å². The molecular weight excluding hydrogens is 220 g/mol. The topological polar surface area (TPSA) is 79.1 Å². The van der Waals surface area contributed by atoms with Crippen LogP contribution in [0.15, 0.2) is 12.3 Å². The van der Waals surface area contributed by atoms with Crippen LogP contribution < -0.4 is 4.90 Å². The summed E-state index contributed by atoms with van der Waals surface area (Å²) in [5.74, 6) is 0.167. The van der Waals surface area contributed by atoms with Crippen LogP contribution in [0.25, 0.3) is 0 Å². The first-order valence-corrected chi connectivity index (χ1v) is 5.34. The number of carbonyl (C=O) groups excluding carboxylic acids is 1. The van der Waals surface area contributed by atoms with Crippen molar-refractivity contribution in [3.63, 3.8) is 0 Å². The Morgan fingerprint density at radius 2 is 2.53 bits per heavy atom. The highest BCUT2D eigenvalue weighted by Crippen LogP contribution is 2.26. The SMILES string of the molecule is COC(=O)C1CCCN1c1nnccc1C#N. The molecule has 0 radical (unpaired) electrons. The number of hydrogen-bond donors (Lipinski definition) is 0. The van der Waals surface area contributed by atoms with Crippen LogP contribution in [0.2, 0.25) is 0 Å². The molecule has 1 aliphatic rings. The normalized spacial score (nSPS) is 18.8. The molecule has 0 saturated carbocycles. The molecule has 1 aliphatic heterocycles. The van der Waals surface area contributed by atoms with Gasteiger partial charge < -0.3 is 9.64 Å². The maximum atomic E-state index is 11.6. The summed E-state index contributed by atoms with van der Waals surface area (Å²) >= 11 is 0. The molecule has 2 rings (SSSR count). The molecule has 1 aromatic rings. The number of aromatic nitrogens is 2. The molecule has 1 saturated heterocycles. The number of ether oxygens (including phenoxy) is 1. The number of rotatable bonds is 2. The van der Waals surface area contributed by atoms with E-state index in [1.54, 1.807) is 11.0 Å². The van der Waals surface area contributed by atoms with Crippen molar-refractivity contribution in [2.75, 3.05) is 18.6 Å². The van der Waals surface area contributed by atoms with E-state index in [9.17, 15) is 4.79 Å². The van der Waals surface area contributed by atoms with Gasteiger partial charge in [-0.3, -0.25) is 0 Å². The Balaban J connectivity index is 2.33. The van der Waals surface area contributed by atoms with Gasteiger partial charge in [-0.25, -0.2) is 4.79 Å². The second-order valence-electron chi connectivity index (χ2n) is 3.75. The van der Waals surface area contributed by atoms with E-state index in [-0.39, 0.29) is 12.0 Å². The summed E-state index contributed by atoms with van der Waals surface area (Å²) in [5, 5.41) is 16.7. The predicted octanol–water partition coefficient (Wildman–Crippen LogP) is 0.490. The second kappa shape index (κ2) is 4.78. The van der Waals surface area contributed by atoms with Gasteiger partial charge in [0.1, 0.15) is 12.1 Å². The number of anilines is 1. The Morgan fingerprint density at radius 1 is 1.71 bits per heavy atom. The lowest BCUT2D eigenvalue weighted by atomic mass is 10.2. The van der Waals surface area contributed by atoms with Gasteiger partial charge in [-0.05, 0) is 18.9 Å². The van der Waals surface area contributed by atoms with E-state index < -0.39 is 0 Å². The van der Waals surface area contributed by atoms with Crippen LogP contribution in [-0.4, -0.2) is 35.9 Å². The van der Waals surface area contributed by atoms with Gasteiger partial charge in [0.2, 0.25) is 0 Å². The zero-order chi connectivity index (χ0) is 12.3. The molecule has 0 amide bonds. The summed E-state index contributed by atoms with van der Waals surface area (Å²) in [4.78, 5) is 13.4. The molecule has 0 N–H and O–H groups in total. The first kappa shape index (κ1) is 11.3. The molecule has 88 valence electrons. The van der Waals surface area contributed by atoms with Crippen LogP contribution in [-0.2, 0) is 9.53 Å². The fourth-order valence-electron chi connectivity index (χ4n) is 2.03. The van der Waals surface area contributed by atoms with Gasteiger partial charge in [-0.1, -0.05) is 0 Å². The molecule has 1 atom stereocenters. The minimum absolute atomic E-state index is 0.294. The number of methoxy groups -OCH3 is 1. The Labute approximate surface area is 98.8 Å². The zero-order valence-electron chi connectivity index (χ0n) is 9.46. The van der Waals surface area contributed by atoms with Crippen molar-refractivity contribution >= 4 is 11.8 Å². The Bertz CT molecular complexity index is 469. The fourth-order valence-corrected chi connectivity index (χ4v) is 2.03. The van der Waals surface area contributed by atoms with E-state index in [1.165, 1.54) is 13.3 Å². The van der Waals surface area contributed by atoms with Gasteiger partial charge in [0, 0.05) is 6.54 Å². The molecular formula is C11H12N4O2. The molecule has 0 aromatic carbocycles. The largest absolute Gasteiger partial charge is 0.467 e. The number of hydrogen-bond acceptors (Lipinski definition) is 6. The molecule has 0 spiro atoms. The van der Waals surface area contributed by atoms with Crippen molar-refractivity contribution in [1.82, 2.24) is 10.2 Å². The third-order valence-corrected chi connectivity index (χ3v) is 2.82. The molecule has 6 heteroatoms. The van der Waals surface area contributed by atoms with E-state index >= 15 is 0 Å².